The van der Waals surface area contributed by atoms with E-state index in [0.717, 1.165) is 12.0 Å². The highest BCUT2D eigenvalue weighted by Gasteiger charge is 2.11. The summed E-state index contributed by atoms with van der Waals surface area (Å²) in [5.41, 5.74) is 2.27. The molecule has 17 heavy (non-hydrogen) atoms. The largest absolute Gasteiger partial charge is 0.235 e. The van der Waals surface area contributed by atoms with E-state index < -0.39 is 0 Å². The molecule has 0 aliphatic heterocycles. The number of benzene rings is 1. The second kappa shape index (κ2) is 5.58. The van der Waals surface area contributed by atoms with Gasteiger partial charge in [0.25, 0.3) is 0 Å². The van der Waals surface area contributed by atoms with Crippen LogP contribution in [0.1, 0.15) is 22.0 Å². The minimum absolute atomic E-state index is 0.119. The molecular formula is C14H13NOS. The summed E-state index contributed by atoms with van der Waals surface area (Å²) in [5.74, 6) is 0. The average molecular weight is 243 g/mol. The van der Waals surface area contributed by atoms with Crippen molar-refractivity contribution < 1.29 is 4.79 Å². The fraction of sp³-hybridized carbons (Fsp3) is 0.214. The van der Waals surface area contributed by atoms with Gasteiger partial charge in [0.2, 0.25) is 6.08 Å². The number of aliphatic imine (C=N–C) groups is 1. The van der Waals surface area contributed by atoms with Crippen molar-refractivity contribution in [1.29, 1.82) is 0 Å². The summed E-state index contributed by atoms with van der Waals surface area (Å²) in [5, 5.41) is 2.03. The van der Waals surface area contributed by atoms with Crippen molar-refractivity contribution in [3.05, 3.63) is 57.8 Å². The van der Waals surface area contributed by atoms with Gasteiger partial charge in [-0.1, -0.05) is 35.9 Å². The van der Waals surface area contributed by atoms with Gasteiger partial charge in [0, 0.05) is 11.3 Å². The molecule has 0 N–H and O–H groups in total. The molecule has 0 radical (unpaired) electrons. The first-order chi connectivity index (χ1) is 8.29. The zero-order valence-electron chi connectivity index (χ0n) is 9.59. The van der Waals surface area contributed by atoms with Gasteiger partial charge in [-0.3, -0.25) is 0 Å². The van der Waals surface area contributed by atoms with Crippen molar-refractivity contribution in [3.63, 3.8) is 0 Å². The van der Waals surface area contributed by atoms with Gasteiger partial charge in [0.15, 0.2) is 0 Å². The van der Waals surface area contributed by atoms with Crippen molar-refractivity contribution in [3.8, 4) is 0 Å². The first-order valence-corrected chi connectivity index (χ1v) is 6.33. The number of carbonyl (C=O) groups excluding carboxylic acids is 1. The Morgan fingerprint density at radius 1 is 1.29 bits per heavy atom. The lowest BCUT2D eigenvalue weighted by Gasteiger charge is -2.10. The Balaban J connectivity index is 2.22. The van der Waals surface area contributed by atoms with Crippen LogP contribution in [0.5, 0.6) is 0 Å². The number of hydrogen-bond acceptors (Lipinski definition) is 3. The zero-order chi connectivity index (χ0) is 12.1. The Hall–Kier alpha value is -1.70. The summed E-state index contributed by atoms with van der Waals surface area (Å²) in [6.45, 7) is 2.04. The van der Waals surface area contributed by atoms with Crippen LogP contribution < -0.4 is 0 Å². The summed E-state index contributed by atoms with van der Waals surface area (Å²) in [6.07, 6.45) is 2.43. The predicted octanol–water partition coefficient (Wildman–Crippen LogP) is 3.68. The summed E-state index contributed by atoms with van der Waals surface area (Å²) >= 11 is 1.69. The molecule has 0 bridgehead atoms. The summed E-state index contributed by atoms with van der Waals surface area (Å²) in [4.78, 5) is 15.6. The molecule has 0 amide bonds. The maximum Gasteiger partial charge on any atom is 0.235 e. The highest BCUT2D eigenvalue weighted by Crippen LogP contribution is 2.24. The lowest BCUT2D eigenvalue weighted by molar-refractivity contribution is 0.557. The first kappa shape index (κ1) is 11.8. The Bertz CT molecular complexity index is 510. The molecule has 0 aliphatic rings. The molecule has 1 unspecified atom stereocenters. The summed E-state index contributed by atoms with van der Waals surface area (Å²) < 4.78 is 0. The standard InChI is InChI=1S/C14H13NOS/c1-11-4-6-12(7-5-11)14(15-10-16)9-13-3-2-8-17-13/h2-8,14H,9H2,1H3. The molecule has 0 aliphatic carbocycles. The molecular weight excluding hydrogens is 230 g/mol. The molecule has 1 atom stereocenters. The molecule has 86 valence electrons. The van der Waals surface area contributed by atoms with E-state index in [9.17, 15) is 4.79 Å². The van der Waals surface area contributed by atoms with Crippen LogP contribution >= 0.6 is 11.3 Å². The van der Waals surface area contributed by atoms with E-state index in [1.807, 2.05) is 42.6 Å². The van der Waals surface area contributed by atoms with Gasteiger partial charge < -0.3 is 0 Å². The molecule has 2 rings (SSSR count). The maximum absolute atomic E-state index is 10.5. The third-order valence-corrected chi connectivity index (χ3v) is 3.54. The maximum atomic E-state index is 10.5. The Kier molecular flexibility index (Phi) is 3.86. The molecule has 2 aromatic rings. The highest BCUT2D eigenvalue weighted by atomic mass is 32.1. The van der Waals surface area contributed by atoms with E-state index in [4.69, 9.17) is 0 Å². The van der Waals surface area contributed by atoms with E-state index in [2.05, 4.69) is 11.1 Å². The lowest BCUT2D eigenvalue weighted by Crippen LogP contribution is -1.98. The van der Waals surface area contributed by atoms with Crippen molar-refractivity contribution in [2.75, 3.05) is 0 Å². The van der Waals surface area contributed by atoms with Crippen LogP contribution in [0.2, 0.25) is 0 Å². The first-order valence-electron chi connectivity index (χ1n) is 5.45. The van der Waals surface area contributed by atoms with Crippen LogP contribution in [0.15, 0.2) is 46.8 Å². The molecule has 0 saturated heterocycles. The lowest BCUT2D eigenvalue weighted by atomic mass is 10.0. The Morgan fingerprint density at radius 2 is 2.06 bits per heavy atom. The molecule has 0 saturated carbocycles. The predicted molar refractivity (Wildman–Crippen MR) is 70.1 cm³/mol. The van der Waals surface area contributed by atoms with Gasteiger partial charge in [-0.15, -0.1) is 11.3 Å². The average Bonchev–Trinajstić information content (AvgIpc) is 2.82. The number of thiophene rings is 1. The molecule has 0 spiro atoms. The van der Waals surface area contributed by atoms with Crippen LogP contribution in [0.3, 0.4) is 0 Å². The van der Waals surface area contributed by atoms with E-state index in [1.165, 1.54) is 10.4 Å². The molecule has 1 aromatic heterocycles. The van der Waals surface area contributed by atoms with Crippen LogP contribution in [-0.2, 0) is 11.2 Å². The topological polar surface area (TPSA) is 29.4 Å². The molecule has 1 heterocycles. The number of isocyanates is 1. The normalized spacial score (nSPS) is 11.8. The number of rotatable bonds is 4. The Morgan fingerprint density at radius 3 is 2.65 bits per heavy atom. The second-order valence-corrected chi connectivity index (χ2v) is 4.96. The van der Waals surface area contributed by atoms with Crippen LogP contribution in [0, 0.1) is 6.92 Å². The minimum atomic E-state index is -0.119. The highest BCUT2D eigenvalue weighted by molar-refractivity contribution is 7.09. The van der Waals surface area contributed by atoms with Crippen molar-refractivity contribution in [1.82, 2.24) is 0 Å². The van der Waals surface area contributed by atoms with Crippen LogP contribution in [0.25, 0.3) is 0 Å². The van der Waals surface area contributed by atoms with Crippen molar-refractivity contribution in [2.24, 2.45) is 4.99 Å². The smallest absolute Gasteiger partial charge is 0.211 e. The van der Waals surface area contributed by atoms with Gasteiger partial charge in [-0.25, -0.2) is 4.79 Å². The van der Waals surface area contributed by atoms with Gasteiger partial charge >= 0.3 is 0 Å². The second-order valence-electron chi connectivity index (χ2n) is 3.93. The van der Waals surface area contributed by atoms with E-state index in [0.29, 0.717) is 0 Å². The van der Waals surface area contributed by atoms with Gasteiger partial charge in [-0.2, -0.15) is 4.99 Å². The van der Waals surface area contributed by atoms with Crippen molar-refractivity contribution in [2.45, 2.75) is 19.4 Å². The Labute approximate surface area is 105 Å². The fourth-order valence-electron chi connectivity index (χ4n) is 1.71. The van der Waals surface area contributed by atoms with E-state index in [-0.39, 0.29) is 6.04 Å². The van der Waals surface area contributed by atoms with Crippen molar-refractivity contribution >= 4 is 17.4 Å². The molecule has 0 fully saturated rings. The SMILES string of the molecule is Cc1ccc(C(Cc2cccs2)N=C=O)cc1. The summed E-state index contributed by atoms with van der Waals surface area (Å²) in [6, 6.07) is 12.1. The van der Waals surface area contributed by atoms with Crippen LogP contribution in [0.4, 0.5) is 0 Å². The number of aryl methyl sites for hydroxylation is 1. The van der Waals surface area contributed by atoms with Gasteiger partial charge in [-0.05, 0) is 23.9 Å². The third kappa shape index (κ3) is 3.13. The molecule has 3 heteroatoms. The monoisotopic (exact) mass is 243 g/mol. The van der Waals surface area contributed by atoms with E-state index >= 15 is 0 Å². The molecule has 2 nitrogen and oxygen atoms in total. The quantitative estimate of drug-likeness (QED) is 0.595. The third-order valence-electron chi connectivity index (χ3n) is 2.65. The van der Waals surface area contributed by atoms with E-state index in [1.54, 1.807) is 17.4 Å². The van der Waals surface area contributed by atoms with Gasteiger partial charge in [0.1, 0.15) is 0 Å². The molecule has 1 aromatic carbocycles. The van der Waals surface area contributed by atoms with Crippen LogP contribution in [-0.4, -0.2) is 6.08 Å². The fourth-order valence-corrected chi connectivity index (χ4v) is 2.45. The summed E-state index contributed by atoms with van der Waals surface area (Å²) in [7, 11) is 0. The minimum Gasteiger partial charge on any atom is -0.211 e. The number of nitrogens with zero attached hydrogens (tertiary/aromatic N) is 1. The number of hydrogen-bond donors (Lipinski definition) is 0. The zero-order valence-corrected chi connectivity index (χ0v) is 10.4. The van der Waals surface area contributed by atoms with Gasteiger partial charge in [0.05, 0.1) is 6.04 Å².